The van der Waals surface area contributed by atoms with E-state index >= 15 is 0 Å². The molecule has 3 heterocycles. The Hall–Kier alpha value is -1.85. The fourth-order valence-corrected chi connectivity index (χ4v) is 3.11. The molecule has 0 radical (unpaired) electrons. The number of H-pyrrole nitrogens is 1. The summed E-state index contributed by atoms with van der Waals surface area (Å²) >= 11 is 0. The second kappa shape index (κ2) is 2.88. The van der Waals surface area contributed by atoms with Crippen LogP contribution in [0.4, 0.5) is 5.95 Å². The van der Waals surface area contributed by atoms with Crippen LogP contribution >= 0.6 is 0 Å². The molecule has 6 nitrogen and oxygen atoms in total. The molecule has 2 aliphatic rings. The molecular weight excluding hydrogens is 218 g/mol. The zero-order chi connectivity index (χ0) is 11.6. The van der Waals surface area contributed by atoms with Gasteiger partial charge in [-0.15, -0.1) is 0 Å². The normalized spacial score (nSPS) is 25.9. The molecule has 4 rings (SSSR count). The Balaban J connectivity index is 2.09. The number of aromatic amines is 1. The van der Waals surface area contributed by atoms with Crippen molar-refractivity contribution in [2.75, 3.05) is 5.32 Å². The Labute approximate surface area is 97.1 Å². The summed E-state index contributed by atoms with van der Waals surface area (Å²) in [5, 5.41) is 3.34. The number of hydrogen-bond donors (Lipinski definition) is 2. The molecule has 2 aromatic rings. The molecule has 1 saturated carbocycles. The minimum Gasteiger partial charge on any atom is -0.351 e. The molecule has 1 fully saturated rings. The zero-order valence-corrected chi connectivity index (χ0v) is 9.53. The number of anilines is 1. The third-order valence-corrected chi connectivity index (χ3v) is 3.81. The van der Waals surface area contributed by atoms with Gasteiger partial charge in [-0.05, 0) is 26.2 Å². The lowest BCUT2D eigenvalue weighted by atomic mass is 10.2. The minimum absolute atomic E-state index is 0.223. The fraction of sp³-hybridized carbons (Fsp3) is 0.545. The van der Waals surface area contributed by atoms with Crippen LogP contribution in [0.25, 0.3) is 11.2 Å². The van der Waals surface area contributed by atoms with E-state index in [1.165, 1.54) is 6.42 Å². The van der Waals surface area contributed by atoms with Gasteiger partial charge in [0.15, 0.2) is 11.2 Å². The average molecular weight is 231 g/mol. The highest BCUT2D eigenvalue weighted by molar-refractivity contribution is 5.73. The van der Waals surface area contributed by atoms with Crippen molar-refractivity contribution < 1.29 is 0 Å². The molecule has 17 heavy (non-hydrogen) atoms. The summed E-state index contributed by atoms with van der Waals surface area (Å²) in [5.74, 6) is 1.45. The van der Waals surface area contributed by atoms with E-state index in [2.05, 4.69) is 24.8 Å². The summed E-state index contributed by atoms with van der Waals surface area (Å²) < 4.78 is 2.10. The summed E-state index contributed by atoms with van der Waals surface area (Å²) in [6.07, 6.45) is 3.50. The Morgan fingerprint density at radius 2 is 2.24 bits per heavy atom. The van der Waals surface area contributed by atoms with Gasteiger partial charge in [0.25, 0.3) is 0 Å². The number of hydrogen-bond acceptors (Lipinski definition) is 4. The van der Waals surface area contributed by atoms with Gasteiger partial charge in [0, 0.05) is 6.04 Å². The molecule has 0 aromatic carbocycles. The molecule has 2 N–H and O–H groups in total. The monoisotopic (exact) mass is 231 g/mol. The topological polar surface area (TPSA) is 75.6 Å². The molecule has 1 aliphatic heterocycles. The van der Waals surface area contributed by atoms with E-state index in [0.717, 1.165) is 24.3 Å². The van der Waals surface area contributed by atoms with Crippen LogP contribution in [0.3, 0.4) is 0 Å². The maximum atomic E-state index is 11.8. The standard InChI is InChI=1S/C11H13N5O/c1-5-12-8-9(13-5)16-7-4-2-3-6(7)14-11(16)15-10(8)17/h6-7H,2-4H2,1H3,(H,12,13)(H,14,15,17). The number of aryl methyl sites for hydroxylation is 1. The molecule has 0 amide bonds. The Kier molecular flexibility index (Phi) is 1.56. The first kappa shape index (κ1) is 9.21. The lowest BCUT2D eigenvalue weighted by molar-refractivity contribution is 0.543. The summed E-state index contributed by atoms with van der Waals surface area (Å²) in [6.45, 7) is 1.86. The first-order valence-corrected chi connectivity index (χ1v) is 5.99. The van der Waals surface area contributed by atoms with Crippen LogP contribution < -0.4 is 10.9 Å². The highest BCUT2D eigenvalue weighted by Crippen LogP contribution is 2.39. The van der Waals surface area contributed by atoms with E-state index in [1.807, 2.05) is 6.92 Å². The van der Waals surface area contributed by atoms with E-state index in [4.69, 9.17) is 0 Å². The third-order valence-electron chi connectivity index (χ3n) is 3.81. The molecule has 0 bridgehead atoms. The van der Waals surface area contributed by atoms with Gasteiger partial charge in [-0.2, -0.15) is 4.98 Å². The number of fused-ring (bicyclic) bond motifs is 5. The number of aromatic nitrogens is 4. The van der Waals surface area contributed by atoms with Crippen molar-refractivity contribution in [1.82, 2.24) is 19.5 Å². The van der Waals surface area contributed by atoms with E-state index in [1.54, 1.807) is 0 Å². The highest BCUT2D eigenvalue weighted by atomic mass is 16.1. The molecule has 1 aliphatic carbocycles. The van der Waals surface area contributed by atoms with Crippen LogP contribution in [0.15, 0.2) is 4.79 Å². The second-order valence-electron chi connectivity index (χ2n) is 4.88. The number of rotatable bonds is 0. The molecule has 2 atom stereocenters. The summed E-state index contributed by atoms with van der Waals surface area (Å²) in [6, 6.07) is 0.827. The Bertz CT molecular complexity index is 670. The van der Waals surface area contributed by atoms with Crippen LogP contribution in [0.5, 0.6) is 0 Å². The largest absolute Gasteiger partial charge is 0.351 e. The van der Waals surface area contributed by atoms with Gasteiger partial charge >= 0.3 is 5.56 Å². The zero-order valence-electron chi connectivity index (χ0n) is 9.53. The van der Waals surface area contributed by atoms with Crippen LogP contribution in [0.2, 0.25) is 0 Å². The summed E-state index contributed by atoms with van der Waals surface area (Å²) in [7, 11) is 0. The van der Waals surface area contributed by atoms with Gasteiger partial charge in [-0.1, -0.05) is 0 Å². The van der Waals surface area contributed by atoms with Gasteiger partial charge in [-0.3, -0.25) is 9.36 Å². The molecule has 88 valence electrons. The van der Waals surface area contributed by atoms with E-state index in [-0.39, 0.29) is 5.56 Å². The van der Waals surface area contributed by atoms with Crippen molar-refractivity contribution in [2.45, 2.75) is 38.3 Å². The van der Waals surface area contributed by atoms with Gasteiger partial charge in [0.05, 0.1) is 6.04 Å². The molecule has 2 unspecified atom stereocenters. The number of nitrogens with zero attached hydrogens (tertiary/aromatic N) is 3. The van der Waals surface area contributed by atoms with E-state index < -0.39 is 0 Å². The smallest absolute Gasteiger partial charge is 0.300 e. The maximum absolute atomic E-state index is 11.8. The van der Waals surface area contributed by atoms with Crippen LogP contribution in [-0.2, 0) is 0 Å². The molecule has 2 aromatic heterocycles. The molecular formula is C11H13N5O. The van der Waals surface area contributed by atoms with Crippen molar-refractivity contribution in [3.8, 4) is 0 Å². The van der Waals surface area contributed by atoms with E-state index in [9.17, 15) is 4.79 Å². The predicted octanol–water partition coefficient (Wildman–Crippen LogP) is 0.947. The molecule has 6 heteroatoms. The van der Waals surface area contributed by atoms with Crippen LogP contribution in [0, 0.1) is 6.92 Å². The molecule has 0 saturated heterocycles. The van der Waals surface area contributed by atoms with E-state index in [0.29, 0.717) is 23.5 Å². The lowest BCUT2D eigenvalue weighted by Crippen LogP contribution is -2.15. The van der Waals surface area contributed by atoms with Gasteiger partial charge in [-0.25, -0.2) is 4.98 Å². The third kappa shape index (κ3) is 1.07. The predicted molar refractivity (Wildman–Crippen MR) is 63.2 cm³/mol. The van der Waals surface area contributed by atoms with Crippen molar-refractivity contribution in [3.05, 3.63) is 16.2 Å². The SMILES string of the molecule is Cc1nc2c([nH]1)c(=O)nc1n2C2CCCC2N1. The van der Waals surface area contributed by atoms with Crippen molar-refractivity contribution in [3.63, 3.8) is 0 Å². The summed E-state index contributed by atoms with van der Waals surface area (Å²) in [5.41, 5.74) is 1.05. The Morgan fingerprint density at radius 3 is 3.12 bits per heavy atom. The summed E-state index contributed by atoms with van der Waals surface area (Å²) in [4.78, 5) is 23.4. The minimum atomic E-state index is -0.223. The van der Waals surface area contributed by atoms with Crippen molar-refractivity contribution in [1.29, 1.82) is 0 Å². The van der Waals surface area contributed by atoms with Crippen molar-refractivity contribution in [2.24, 2.45) is 0 Å². The Morgan fingerprint density at radius 1 is 1.35 bits per heavy atom. The fourth-order valence-electron chi connectivity index (χ4n) is 3.11. The van der Waals surface area contributed by atoms with Crippen LogP contribution in [-0.4, -0.2) is 25.6 Å². The number of imidazole rings is 1. The van der Waals surface area contributed by atoms with Crippen molar-refractivity contribution >= 4 is 17.1 Å². The van der Waals surface area contributed by atoms with Crippen LogP contribution in [0.1, 0.15) is 31.1 Å². The average Bonchev–Trinajstić information content (AvgIpc) is 2.90. The first-order chi connectivity index (χ1) is 8.24. The van der Waals surface area contributed by atoms with Gasteiger partial charge in [0.2, 0.25) is 5.95 Å². The quantitative estimate of drug-likeness (QED) is 0.707. The molecule has 0 spiro atoms. The number of nitrogens with one attached hydrogen (secondary N) is 2. The first-order valence-electron chi connectivity index (χ1n) is 5.99. The van der Waals surface area contributed by atoms with Gasteiger partial charge in [0.1, 0.15) is 5.82 Å². The lowest BCUT2D eigenvalue weighted by Gasteiger charge is -2.11. The van der Waals surface area contributed by atoms with Gasteiger partial charge < -0.3 is 10.3 Å². The maximum Gasteiger partial charge on any atom is 0.300 e. The highest BCUT2D eigenvalue weighted by Gasteiger charge is 2.37. The second-order valence-corrected chi connectivity index (χ2v) is 4.88.